The maximum absolute atomic E-state index is 8.81. The van der Waals surface area contributed by atoms with Gasteiger partial charge in [-0.15, -0.1) is 11.3 Å². The summed E-state index contributed by atoms with van der Waals surface area (Å²) in [7, 11) is 0. The van der Waals surface area contributed by atoms with Crippen molar-refractivity contribution in [2.75, 3.05) is 18.1 Å². The highest BCUT2D eigenvalue weighted by atomic mass is 32.2. The van der Waals surface area contributed by atoms with Crippen LogP contribution in [-0.2, 0) is 6.42 Å². The van der Waals surface area contributed by atoms with Crippen molar-refractivity contribution in [3.63, 3.8) is 0 Å². The van der Waals surface area contributed by atoms with Crippen LogP contribution in [0.15, 0.2) is 6.20 Å². The predicted molar refractivity (Wildman–Crippen MR) is 62.2 cm³/mol. The van der Waals surface area contributed by atoms with Crippen LogP contribution < -0.4 is 0 Å². The third-order valence-electron chi connectivity index (χ3n) is 2.50. The molecule has 0 unspecified atom stereocenters. The van der Waals surface area contributed by atoms with Gasteiger partial charge in [-0.3, -0.25) is 0 Å². The van der Waals surface area contributed by atoms with E-state index >= 15 is 0 Å². The Balaban J connectivity index is 2.00. The molecule has 4 heteroatoms. The fourth-order valence-electron chi connectivity index (χ4n) is 1.68. The van der Waals surface area contributed by atoms with E-state index in [0.29, 0.717) is 5.92 Å². The van der Waals surface area contributed by atoms with Crippen LogP contribution in [0.3, 0.4) is 0 Å². The molecule has 0 amide bonds. The Morgan fingerprint density at radius 2 is 2.21 bits per heavy atom. The number of rotatable bonds is 3. The molecule has 1 N–H and O–H groups in total. The fourth-order valence-corrected chi connectivity index (χ4v) is 3.86. The molecule has 2 nitrogen and oxygen atoms in total. The van der Waals surface area contributed by atoms with E-state index in [1.807, 2.05) is 18.0 Å². The zero-order valence-electron chi connectivity index (χ0n) is 8.11. The van der Waals surface area contributed by atoms with Gasteiger partial charge in [0.15, 0.2) is 0 Å². The molecule has 78 valence electrons. The summed E-state index contributed by atoms with van der Waals surface area (Å²) in [6.45, 7) is 0.238. The lowest BCUT2D eigenvalue weighted by Gasteiger charge is -2.18. The van der Waals surface area contributed by atoms with Gasteiger partial charge in [0.05, 0.1) is 5.01 Å². The first-order valence-electron chi connectivity index (χ1n) is 5.03. The van der Waals surface area contributed by atoms with E-state index < -0.39 is 0 Å². The van der Waals surface area contributed by atoms with Crippen molar-refractivity contribution >= 4 is 23.1 Å². The second kappa shape index (κ2) is 5.14. The number of hydrogen-bond acceptors (Lipinski definition) is 4. The molecule has 2 heterocycles. The Kier molecular flexibility index (Phi) is 3.84. The third-order valence-corrected chi connectivity index (χ3v) is 4.77. The molecular weight excluding hydrogens is 214 g/mol. The summed E-state index contributed by atoms with van der Waals surface area (Å²) < 4.78 is 0. The number of thioether (sulfide) groups is 1. The van der Waals surface area contributed by atoms with Crippen LogP contribution in [0, 0.1) is 0 Å². The van der Waals surface area contributed by atoms with E-state index in [-0.39, 0.29) is 6.61 Å². The van der Waals surface area contributed by atoms with Gasteiger partial charge >= 0.3 is 0 Å². The lowest BCUT2D eigenvalue weighted by molar-refractivity contribution is 0.300. The second-order valence-corrected chi connectivity index (χ2v) is 5.90. The molecule has 0 radical (unpaired) electrons. The third kappa shape index (κ3) is 2.49. The first-order chi connectivity index (χ1) is 6.90. The summed E-state index contributed by atoms with van der Waals surface area (Å²) >= 11 is 3.83. The zero-order valence-corrected chi connectivity index (χ0v) is 9.74. The van der Waals surface area contributed by atoms with Crippen molar-refractivity contribution < 1.29 is 5.11 Å². The van der Waals surface area contributed by atoms with Crippen LogP contribution in [0.5, 0.6) is 0 Å². The maximum atomic E-state index is 8.81. The van der Waals surface area contributed by atoms with Crippen LogP contribution in [0.2, 0.25) is 0 Å². The van der Waals surface area contributed by atoms with E-state index in [9.17, 15) is 0 Å². The summed E-state index contributed by atoms with van der Waals surface area (Å²) in [5.74, 6) is 3.24. The molecule has 0 aliphatic carbocycles. The van der Waals surface area contributed by atoms with Crippen molar-refractivity contribution in [3.05, 3.63) is 16.1 Å². The lowest BCUT2D eigenvalue weighted by Crippen LogP contribution is -2.07. The van der Waals surface area contributed by atoms with Crippen LogP contribution >= 0.6 is 23.1 Å². The number of nitrogens with zero attached hydrogens (tertiary/aromatic N) is 1. The van der Waals surface area contributed by atoms with Crippen molar-refractivity contribution in [2.24, 2.45) is 0 Å². The molecule has 0 bridgehead atoms. The van der Waals surface area contributed by atoms with E-state index in [1.165, 1.54) is 34.2 Å². The fraction of sp³-hybridized carbons (Fsp3) is 0.700. The standard InChI is InChI=1S/C10H15NOS2/c12-4-1-9-7-11-10(14-9)8-2-5-13-6-3-8/h7-8,12H,1-6H2. The molecule has 1 fully saturated rings. The Labute approximate surface area is 92.8 Å². The quantitative estimate of drug-likeness (QED) is 0.863. The minimum absolute atomic E-state index is 0.238. The first-order valence-corrected chi connectivity index (χ1v) is 7.00. The maximum Gasteiger partial charge on any atom is 0.0959 e. The molecule has 1 saturated heterocycles. The average molecular weight is 229 g/mol. The second-order valence-electron chi connectivity index (χ2n) is 3.53. The van der Waals surface area contributed by atoms with Gasteiger partial charge in [0.25, 0.3) is 0 Å². The van der Waals surface area contributed by atoms with Gasteiger partial charge < -0.3 is 5.11 Å². The van der Waals surface area contributed by atoms with Crippen LogP contribution in [0.1, 0.15) is 28.6 Å². The summed E-state index contributed by atoms with van der Waals surface area (Å²) in [5.41, 5.74) is 0. The van der Waals surface area contributed by atoms with Crippen molar-refractivity contribution in [1.29, 1.82) is 0 Å². The van der Waals surface area contributed by atoms with Gasteiger partial charge in [-0.2, -0.15) is 11.8 Å². The number of aromatic nitrogens is 1. The molecule has 2 rings (SSSR count). The summed E-state index contributed by atoms with van der Waals surface area (Å²) in [5, 5.41) is 10.1. The van der Waals surface area contributed by atoms with E-state index in [2.05, 4.69) is 4.98 Å². The minimum atomic E-state index is 0.238. The van der Waals surface area contributed by atoms with Crippen LogP contribution in [0.4, 0.5) is 0 Å². The first kappa shape index (κ1) is 10.5. The summed E-state index contributed by atoms with van der Waals surface area (Å²) in [6.07, 6.45) is 5.24. The molecule has 0 atom stereocenters. The minimum Gasteiger partial charge on any atom is -0.396 e. The Bertz CT molecular complexity index is 281. The van der Waals surface area contributed by atoms with Crippen molar-refractivity contribution in [2.45, 2.75) is 25.2 Å². The van der Waals surface area contributed by atoms with Gasteiger partial charge in [-0.25, -0.2) is 4.98 Å². The van der Waals surface area contributed by atoms with Crippen molar-refractivity contribution in [3.8, 4) is 0 Å². The zero-order chi connectivity index (χ0) is 9.80. The number of aliphatic hydroxyl groups excluding tert-OH is 1. The van der Waals surface area contributed by atoms with E-state index in [4.69, 9.17) is 5.11 Å². The molecular formula is C10H15NOS2. The highest BCUT2D eigenvalue weighted by molar-refractivity contribution is 7.99. The van der Waals surface area contributed by atoms with Gasteiger partial charge in [0.1, 0.15) is 0 Å². The smallest absolute Gasteiger partial charge is 0.0959 e. The monoisotopic (exact) mass is 229 g/mol. The largest absolute Gasteiger partial charge is 0.396 e. The lowest BCUT2D eigenvalue weighted by atomic mass is 10.0. The van der Waals surface area contributed by atoms with Gasteiger partial charge in [-0.05, 0) is 24.3 Å². The summed E-state index contributed by atoms with van der Waals surface area (Å²) in [6, 6.07) is 0. The number of thiazole rings is 1. The van der Waals surface area contributed by atoms with E-state index in [0.717, 1.165) is 6.42 Å². The Morgan fingerprint density at radius 1 is 1.43 bits per heavy atom. The van der Waals surface area contributed by atoms with Gasteiger partial charge in [-0.1, -0.05) is 0 Å². The number of hydrogen-bond donors (Lipinski definition) is 1. The van der Waals surface area contributed by atoms with Crippen LogP contribution in [0.25, 0.3) is 0 Å². The highest BCUT2D eigenvalue weighted by Crippen LogP contribution is 2.33. The molecule has 1 aliphatic heterocycles. The molecule has 0 spiro atoms. The molecule has 1 aromatic heterocycles. The highest BCUT2D eigenvalue weighted by Gasteiger charge is 2.18. The molecule has 14 heavy (non-hydrogen) atoms. The van der Waals surface area contributed by atoms with Gasteiger partial charge in [0, 0.05) is 30.0 Å². The molecule has 0 aromatic carbocycles. The summed E-state index contributed by atoms with van der Waals surface area (Å²) in [4.78, 5) is 5.68. The average Bonchev–Trinajstić information content (AvgIpc) is 2.68. The number of aliphatic hydroxyl groups is 1. The topological polar surface area (TPSA) is 33.1 Å². The normalized spacial score (nSPS) is 18.6. The molecule has 0 saturated carbocycles. The van der Waals surface area contributed by atoms with Crippen LogP contribution in [-0.4, -0.2) is 28.2 Å². The van der Waals surface area contributed by atoms with E-state index in [1.54, 1.807) is 11.3 Å². The SMILES string of the molecule is OCCc1cnc(C2CCSCC2)s1. The Hall–Kier alpha value is -0.0600. The van der Waals surface area contributed by atoms with Crippen molar-refractivity contribution in [1.82, 2.24) is 4.98 Å². The Morgan fingerprint density at radius 3 is 2.93 bits per heavy atom. The predicted octanol–water partition coefficient (Wildman–Crippen LogP) is 2.29. The molecule has 1 aliphatic rings. The molecule has 1 aromatic rings. The van der Waals surface area contributed by atoms with Gasteiger partial charge in [0.2, 0.25) is 0 Å².